The van der Waals surface area contributed by atoms with E-state index in [9.17, 15) is 9.59 Å². The topological polar surface area (TPSA) is 86.9 Å². The largest absolute Gasteiger partial charge is 0.480 e. The lowest BCUT2D eigenvalue weighted by atomic mass is 10.0. The highest BCUT2D eigenvalue weighted by molar-refractivity contribution is 9.10. The van der Waals surface area contributed by atoms with Gasteiger partial charge in [-0.15, -0.1) is 0 Å². The van der Waals surface area contributed by atoms with Gasteiger partial charge < -0.3 is 10.8 Å². The Hall–Kier alpha value is -1.44. The molecule has 0 aliphatic carbocycles. The van der Waals surface area contributed by atoms with Gasteiger partial charge in [-0.2, -0.15) is 0 Å². The maximum atomic E-state index is 12.0. The molecule has 1 aliphatic rings. The molecule has 1 heterocycles. The summed E-state index contributed by atoms with van der Waals surface area (Å²) in [6, 6.07) is 7.42. The molecule has 0 bridgehead atoms. The Morgan fingerprint density at radius 1 is 1.33 bits per heavy atom. The number of likely N-dealkylation sites (tertiary alicyclic amines) is 1. The van der Waals surface area contributed by atoms with Crippen molar-refractivity contribution in [2.24, 2.45) is 5.73 Å². The number of nitrogens with zero attached hydrogens (tertiary/aromatic N) is 2. The molecule has 0 aromatic heterocycles. The van der Waals surface area contributed by atoms with Crippen molar-refractivity contribution in [2.75, 3.05) is 26.7 Å². The van der Waals surface area contributed by atoms with Crippen molar-refractivity contribution in [2.45, 2.75) is 31.3 Å². The van der Waals surface area contributed by atoms with Crippen molar-refractivity contribution in [3.8, 4) is 0 Å². The van der Waals surface area contributed by atoms with Gasteiger partial charge in [-0.25, -0.2) is 0 Å². The standard InChI is InChI=1S/C17H24BrN3O3/c1-20(11-15(22)23)14-3-2-9-21(10-8-14)16(17(19)24)12-4-6-13(18)7-5-12/h4-7,14,16H,2-3,8-11H2,1H3,(H2,19,24)(H,22,23). The molecule has 24 heavy (non-hydrogen) atoms. The van der Waals surface area contributed by atoms with E-state index in [4.69, 9.17) is 10.8 Å². The van der Waals surface area contributed by atoms with E-state index in [1.54, 1.807) is 0 Å². The van der Waals surface area contributed by atoms with Gasteiger partial charge in [0.1, 0.15) is 6.04 Å². The predicted molar refractivity (Wildman–Crippen MR) is 95.6 cm³/mol. The molecular weight excluding hydrogens is 374 g/mol. The molecule has 1 saturated heterocycles. The van der Waals surface area contributed by atoms with Crippen molar-refractivity contribution in [1.29, 1.82) is 0 Å². The molecule has 2 rings (SSSR count). The Balaban J connectivity index is 2.08. The van der Waals surface area contributed by atoms with Crippen LogP contribution in [0.5, 0.6) is 0 Å². The number of nitrogens with two attached hydrogens (primary N) is 1. The molecule has 1 aromatic carbocycles. The number of primary amides is 1. The number of carboxylic acid groups (broad SMARTS) is 1. The van der Waals surface area contributed by atoms with Gasteiger partial charge in [-0.3, -0.25) is 19.4 Å². The summed E-state index contributed by atoms with van der Waals surface area (Å²) in [5, 5.41) is 8.95. The van der Waals surface area contributed by atoms with Crippen LogP contribution >= 0.6 is 15.9 Å². The monoisotopic (exact) mass is 397 g/mol. The fraction of sp³-hybridized carbons (Fsp3) is 0.529. The van der Waals surface area contributed by atoms with Crippen molar-refractivity contribution in [1.82, 2.24) is 9.80 Å². The Morgan fingerprint density at radius 3 is 2.58 bits per heavy atom. The minimum absolute atomic E-state index is 0.0383. The van der Waals surface area contributed by atoms with Crippen LogP contribution in [-0.4, -0.2) is 59.5 Å². The summed E-state index contributed by atoms with van der Waals surface area (Å²) in [4.78, 5) is 26.9. The maximum Gasteiger partial charge on any atom is 0.317 e. The number of benzene rings is 1. The lowest BCUT2D eigenvalue weighted by molar-refractivity contribution is -0.138. The molecule has 1 aliphatic heterocycles. The Labute approximate surface area is 150 Å². The zero-order valence-corrected chi connectivity index (χ0v) is 15.4. The highest BCUT2D eigenvalue weighted by Gasteiger charge is 2.29. The van der Waals surface area contributed by atoms with Gasteiger partial charge in [0.15, 0.2) is 0 Å². The van der Waals surface area contributed by atoms with E-state index in [0.717, 1.165) is 42.4 Å². The van der Waals surface area contributed by atoms with Crippen LogP contribution < -0.4 is 5.73 Å². The number of amides is 1. The minimum Gasteiger partial charge on any atom is -0.480 e. The third-order valence-electron chi connectivity index (χ3n) is 4.56. The van der Waals surface area contributed by atoms with Crippen molar-refractivity contribution in [3.63, 3.8) is 0 Å². The van der Waals surface area contributed by atoms with Gasteiger partial charge in [0, 0.05) is 17.1 Å². The first-order chi connectivity index (χ1) is 11.4. The van der Waals surface area contributed by atoms with Crippen molar-refractivity contribution < 1.29 is 14.7 Å². The van der Waals surface area contributed by atoms with Crippen molar-refractivity contribution in [3.05, 3.63) is 34.3 Å². The molecular formula is C17H24BrN3O3. The lowest BCUT2D eigenvalue weighted by Crippen LogP contribution is -2.40. The number of aliphatic carboxylic acids is 1. The molecule has 2 atom stereocenters. The minimum atomic E-state index is -0.816. The van der Waals surface area contributed by atoms with Gasteiger partial charge in [0.2, 0.25) is 5.91 Å². The van der Waals surface area contributed by atoms with E-state index in [1.165, 1.54) is 0 Å². The molecule has 6 nitrogen and oxygen atoms in total. The second-order valence-corrected chi connectivity index (χ2v) is 7.20. The summed E-state index contributed by atoms with van der Waals surface area (Å²) in [6.07, 6.45) is 2.66. The molecule has 132 valence electrons. The number of rotatable bonds is 6. The normalized spacial score (nSPS) is 20.5. The first-order valence-electron chi connectivity index (χ1n) is 8.09. The third kappa shape index (κ3) is 5.03. The van der Waals surface area contributed by atoms with Crippen LogP contribution in [-0.2, 0) is 9.59 Å². The van der Waals surface area contributed by atoms with Crippen LogP contribution in [0.2, 0.25) is 0 Å². The summed E-state index contributed by atoms with van der Waals surface area (Å²) >= 11 is 3.40. The molecule has 0 radical (unpaired) electrons. The fourth-order valence-electron chi connectivity index (χ4n) is 3.34. The zero-order valence-electron chi connectivity index (χ0n) is 13.8. The SMILES string of the molecule is CN(CC(=O)O)C1CCCN(C(C(N)=O)c2ccc(Br)cc2)CC1. The molecule has 7 heteroatoms. The maximum absolute atomic E-state index is 12.0. The fourth-order valence-corrected chi connectivity index (χ4v) is 3.61. The van der Waals surface area contributed by atoms with Gasteiger partial charge in [-0.05, 0) is 50.6 Å². The van der Waals surface area contributed by atoms with E-state index in [1.807, 2.05) is 36.2 Å². The molecule has 1 amide bonds. The van der Waals surface area contributed by atoms with E-state index >= 15 is 0 Å². The summed E-state index contributed by atoms with van der Waals surface area (Å²) in [6.45, 7) is 1.54. The quantitative estimate of drug-likeness (QED) is 0.764. The Morgan fingerprint density at radius 2 is 2.00 bits per heavy atom. The number of carboxylic acids is 1. The number of halogens is 1. The molecule has 3 N–H and O–H groups in total. The van der Waals surface area contributed by atoms with Gasteiger partial charge >= 0.3 is 5.97 Å². The van der Waals surface area contributed by atoms with Crippen molar-refractivity contribution >= 4 is 27.8 Å². The van der Waals surface area contributed by atoms with E-state index in [-0.39, 0.29) is 18.5 Å². The van der Waals surface area contributed by atoms with Crippen LogP contribution in [0, 0.1) is 0 Å². The first-order valence-corrected chi connectivity index (χ1v) is 8.88. The summed E-state index contributed by atoms with van der Waals surface area (Å²) in [5.74, 6) is -1.17. The first kappa shape index (κ1) is 18.9. The smallest absolute Gasteiger partial charge is 0.317 e. The summed E-state index contributed by atoms with van der Waals surface area (Å²) in [7, 11) is 1.84. The second kappa shape index (κ2) is 8.60. The number of likely N-dealkylation sites (N-methyl/N-ethyl adjacent to an activating group) is 1. The van der Waals surface area contributed by atoms with Gasteiger partial charge in [-0.1, -0.05) is 28.1 Å². The zero-order chi connectivity index (χ0) is 17.7. The average Bonchev–Trinajstić information content (AvgIpc) is 2.74. The molecule has 1 fully saturated rings. The lowest BCUT2D eigenvalue weighted by Gasteiger charge is -2.29. The number of hydrogen-bond donors (Lipinski definition) is 2. The third-order valence-corrected chi connectivity index (χ3v) is 5.09. The van der Waals surface area contributed by atoms with Crippen LogP contribution in [0.1, 0.15) is 30.9 Å². The van der Waals surface area contributed by atoms with Crippen LogP contribution in [0.25, 0.3) is 0 Å². The van der Waals surface area contributed by atoms with E-state index in [0.29, 0.717) is 0 Å². The Bertz CT molecular complexity index is 579. The summed E-state index contributed by atoms with van der Waals surface area (Å²) in [5.41, 5.74) is 6.56. The molecule has 1 aromatic rings. The summed E-state index contributed by atoms with van der Waals surface area (Å²) < 4.78 is 0.959. The Kier molecular flexibility index (Phi) is 6.77. The second-order valence-electron chi connectivity index (χ2n) is 6.29. The number of carbonyl (C=O) groups is 2. The van der Waals surface area contributed by atoms with Crippen LogP contribution in [0.3, 0.4) is 0 Å². The molecule has 0 saturated carbocycles. The van der Waals surface area contributed by atoms with Gasteiger partial charge in [0.25, 0.3) is 0 Å². The highest BCUT2D eigenvalue weighted by atomic mass is 79.9. The van der Waals surface area contributed by atoms with Gasteiger partial charge in [0.05, 0.1) is 6.54 Å². The average molecular weight is 398 g/mol. The van der Waals surface area contributed by atoms with E-state index in [2.05, 4.69) is 20.8 Å². The molecule has 2 unspecified atom stereocenters. The molecule has 0 spiro atoms. The van der Waals surface area contributed by atoms with Crippen LogP contribution in [0.4, 0.5) is 0 Å². The van der Waals surface area contributed by atoms with E-state index < -0.39 is 12.0 Å². The number of hydrogen-bond acceptors (Lipinski definition) is 4. The van der Waals surface area contributed by atoms with Crippen LogP contribution in [0.15, 0.2) is 28.7 Å². The highest BCUT2D eigenvalue weighted by Crippen LogP contribution is 2.26. The number of carbonyl (C=O) groups excluding carboxylic acids is 1. The predicted octanol–water partition coefficient (Wildman–Crippen LogP) is 1.85.